The van der Waals surface area contributed by atoms with Crippen molar-refractivity contribution >= 4 is 5.82 Å². The molecule has 1 aromatic heterocycles. The third kappa shape index (κ3) is 2.40. The van der Waals surface area contributed by atoms with Gasteiger partial charge >= 0.3 is 0 Å². The minimum atomic E-state index is 0.568. The zero-order valence-electron chi connectivity index (χ0n) is 12.2. The summed E-state index contributed by atoms with van der Waals surface area (Å²) >= 11 is 0. The first kappa shape index (κ1) is 13.1. The van der Waals surface area contributed by atoms with Crippen molar-refractivity contribution in [3.8, 4) is 11.4 Å². The summed E-state index contributed by atoms with van der Waals surface area (Å²) in [5, 5.41) is 0. The van der Waals surface area contributed by atoms with Crippen LogP contribution in [0, 0.1) is 0 Å². The minimum Gasteiger partial charge on any atom is -0.351 e. The first-order valence-electron chi connectivity index (χ1n) is 7.46. The number of hydrogen-bond acceptors (Lipinski definition) is 3. The Morgan fingerprint density at radius 3 is 2.70 bits per heavy atom. The Morgan fingerprint density at radius 1 is 1.15 bits per heavy atom. The van der Waals surface area contributed by atoms with Crippen LogP contribution in [0.1, 0.15) is 33.1 Å². The minimum absolute atomic E-state index is 0.568. The van der Waals surface area contributed by atoms with E-state index in [0.717, 1.165) is 17.2 Å². The third-order valence-corrected chi connectivity index (χ3v) is 4.19. The number of anilines is 1. The van der Waals surface area contributed by atoms with Crippen LogP contribution in [0.25, 0.3) is 11.4 Å². The van der Waals surface area contributed by atoms with Gasteiger partial charge in [-0.15, -0.1) is 0 Å². The second kappa shape index (κ2) is 5.61. The fourth-order valence-electron chi connectivity index (χ4n) is 3.10. The molecule has 0 unspecified atom stereocenters. The van der Waals surface area contributed by atoms with Crippen molar-refractivity contribution < 1.29 is 0 Å². The number of aromatic nitrogens is 2. The fourth-order valence-corrected chi connectivity index (χ4v) is 3.10. The maximum atomic E-state index is 4.79. The lowest BCUT2D eigenvalue weighted by molar-refractivity contribution is 0.621. The van der Waals surface area contributed by atoms with Crippen molar-refractivity contribution in [3.63, 3.8) is 0 Å². The van der Waals surface area contributed by atoms with Crippen molar-refractivity contribution in [2.45, 2.75) is 45.2 Å². The van der Waals surface area contributed by atoms with E-state index in [9.17, 15) is 0 Å². The molecule has 0 bridgehead atoms. The van der Waals surface area contributed by atoms with Crippen molar-refractivity contribution in [1.29, 1.82) is 0 Å². The maximum Gasteiger partial charge on any atom is 0.161 e. The Bertz CT molecular complexity index is 567. The van der Waals surface area contributed by atoms with Gasteiger partial charge in [0.1, 0.15) is 5.82 Å². The molecule has 0 amide bonds. The molecule has 2 aromatic rings. The molecule has 3 rings (SSSR count). The largest absolute Gasteiger partial charge is 0.351 e. The van der Waals surface area contributed by atoms with Crippen LogP contribution in [-0.4, -0.2) is 22.1 Å². The van der Waals surface area contributed by atoms with Crippen molar-refractivity contribution in [2.24, 2.45) is 0 Å². The van der Waals surface area contributed by atoms with E-state index in [0.29, 0.717) is 12.1 Å². The van der Waals surface area contributed by atoms with Gasteiger partial charge in [0.2, 0.25) is 0 Å². The van der Waals surface area contributed by atoms with Gasteiger partial charge in [-0.25, -0.2) is 9.97 Å². The van der Waals surface area contributed by atoms with E-state index in [4.69, 9.17) is 4.98 Å². The molecule has 1 fully saturated rings. The molecule has 104 valence electrons. The predicted molar refractivity (Wildman–Crippen MR) is 82.7 cm³/mol. The van der Waals surface area contributed by atoms with Gasteiger partial charge < -0.3 is 4.90 Å². The van der Waals surface area contributed by atoms with Crippen molar-refractivity contribution in [1.82, 2.24) is 9.97 Å². The number of nitrogens with zero attached hydrogens (tertiary/aromatic N) is 3. The Hall–Kier alpha value is -1.90. The van der Waals surface area contributed by atoms with Gasteiger partial charge in [0, 0.05) is 23.8 Å². The maximum absolute atomic E-state index is 4.79. The van der Waals surface area contributed by atoms with Crippen LogP contribution in [-0.2, 0) is 0 Å². The van der Waals surface area contributed by atoms with Crippen molar-refractivity contribution in [2.75, 3.05) is 4.90 Å². The first-order chi connectivity index (χ1) is 9.79. The summed E-state index contributed by atoms with van der Waals surface area (Å²) in [5.74, 6) is 1.88. The van der Waals surface area contributed by atoms with Crippen LogP contribution in [0.5, 0.6) is 0 Å². The third-order valence-electron chi connectivity index (χ3n) is 4.19. The van der Waals surface area contributed by atoms with Gasteiger partial charge in [-0.3, -0.25) is 0 Å². The monoisotopic (exact) mass is 267 g/mol. The molecule has 3 heteroatoms. The Balaban J connectivity index is 1.95. The second-order valence-electron chi connectivity index (χ2n) is 5.50. The van der Waals surface area contributed by atoms with Crippen molar-refractivity contribution in [3.05, 3.63) is 42.6 Å². The van der Waals surface area contributed by atoms with Gasteiger partial charge in [-0.2, -0.15) is 0 Å². The SMILES string of the molecule is CC[C@@H]1CC[C@H](C)N1c1ccnc(-c2ccccc2)n1. The van der Waals surface area contributed by atoms with Crippen LogP contribution in [0.15, 0.2) is 42.6 Å². The van der Waals surface area contributed by atoms with E-state index in [1.165, 1.54) is 19.3 Å². The quantitative estimate of drug-likeness (QED) is 0.844. The van der Waals surface area contributed by atoms with Crippen LogP contribution in [0.2, 0.25) is 0 Å². The molecule has 20 heavy (non-hydrogen) atoms. The fraction of sp³-hybridized carbons (Fsp3) is 0.412. The summed E-state index contributed by atoms with van der Waals surface area (Å²) in [6.45, 7) is 4.55. The molecule has 1 aliphatic rings. The van der Waals surface area contributed by atoms with E-state index in [2.05, 4.69) is 35.9 Å². The highest BCUT2D eigenvalue weighted by molar-refractivity contribution is 5.57. The standard InChI is InChI=1S/C17H21N3/c1-3-15-10-9-13(2)20(15)16-11-12-18-17(19-16)14-7-5-4-6-8-14/h4-8,11-13,15H,3,9-10H2,1-2H3/t13-,15+/m0/s1. The van der Waals surface area contributed by atoms with Gasteiger partial charge in [-0.05, 0) is 32.3 Å². The van der Waals surface area contributed by atoms with E-state index in [1.54, 1.807) is 0 Å². The summed E-state index contributed by atoms with van der Waals surface area (Å²) in [4.78, 5) is 11.7. The summed E-state index contributed by atoms with van der Waals surface area (Å²) < 4.78 is 0. The van der Waals surface area contributed by atoms with E-state index in [1.807, 2.05) is 30.5 Å². The summed E-state index contributed by atoms with van der Waals surface area (Å²) in [7, 11) is 0. The van der Waals surface area contributed by atoms with Crippen LogP contribution in [0.4, 0.5) is 5.82 Å². The zero-order chi connectivity index (χ0) is 13.9. The topological polar surface area (TPSA) is 29.0 Å². The highest BCUT2D eigenvalue weighted by Crippen LogP contribution is 2.31. The molecular formula is C17H21N3. The lowest BCUT2D eigenvalue weighted by Gasteiger charge is -2.29. The number of rotatable bonds is 3. The average Bonchev–Trinajstić information content (AvgIpc) is 2.89. The van der Waals surface area contributed by atoms with Gasteiger partial charge in [-0.1, -0.05) is 37.3 Å². The molecule has 1 aromatic carbocycles. The molecule has 0 N–H and O–H groups in total. The highest BCUT2D eigenvalue weighted by atomic mass is 15.3. The van der Waals surface area contributed by atoms with Gasteiger partial charge in [0.15, 0.2) is 5.82 Å². The molecule has 1 aliphatic heterocycles. The van der Waals surface area contributed by atoms with Gasteiger partial charge in [0.05, 0.1) is 0 Å². The summed E-state index contributed by atoms with van der Waals surface area (Å²) in [6, 6.07) is 13.4. The van der Waals surface area contributed by atoms with E-state index >= 15 is 0 Å². The number of benzene rings is 1. The molecule has 0 aliphatic carbocycles. The Morgan fingerprint density at radius 2 is 1.95 bits per heavy atom. The normalized spacial score (nSPS) is 22.2. The lowest BCUT2D eigenvalue weighted by Crippen LogP contribution is -2.34. The second-order valence-corrected chi connectivity index (χ2v) is 5.50. The Kier molecular flexibility index (Phi) is 3.68. The first-order valence-corrected chi connectivity index (χ1v) is 7.46. The van der Waals surface area contributed by atoms with Crippen LogP contribution >= 0.6 is 0 Å². The molecule has 2 heterocycles. The predicted octanol–water partition coefficient (Wildman–Crippen LogP) is 3.91. The molecule has 3 nitrogen and oxygen atoms in total. The van der Waals surface area contributed by atoms with Crippen LogP contribution in [0.3, 0.4) is 0 Å². The molecular weight excluding hydrogens is 246 g/mol. The molecule has 1 saturated heterocycles. The van der Waals surface area contributed by atoms with Crippen LogP contribution < -0.4 is 4.90 Å². The number of hydrogen-bond donors (Lipinski definition) is 0. The lowest BCUT2D eigenvalue weighted by atomic mass is 10.1. The Labute approximate surface area is 120 Å². The average molecular weight is 267 g/mol. The zero-order valence-corrected chi connectivity index (χ0v) is 12.2. The van der Waals surface area contributed by atoms with Gasteiger partial charge in [0.25, 0.3) is 0 Å². The highest BCUT2D eigenvalue weighted by Gasteiger charge is 2.30. The molecule has 0 spiro atoms. The molecule has 2 atom stereocenters. The molecule has 0 saturated carbocycles. The smallest absolute Gasteiger partial charge is 0.161 e. The van der Waals surface area contributed by atoms with E-state index in [-0.39, 0.29) is 0 Å². The van der Waals surface area contributed by atoms with E-state index < -0.39 is 0 Å². The summed E-state index contributed by atoms with van der Waals surface area (Å²) in [5.41, 5.74) is 1.08. The molecule has 0 radical (unpaired) electrons. The summed E-state index contributed by atoms with van der Waals surface area (Å²) in [6.07, 6.45) is 5.57.